The monoisotopic (exact) mass is 423 g/mol. The van der Waals surface area contributed by atoms with Gasteiger partial charge in [0.2, 0.25) is 5.88 Å². The second kappa shape index (κ2) is 9.72. The van der Waals surface area contributed by atoms with Crippen molar-refractivity contribution in [3.63, 3.8) is 0 Å². The zero-order chi connectivity index (χ0) is 21.6. The molecule has 5 nitrogen and oxygen atoms in total. The topological polar surface area (TPSA) is 64.1 Å². The summed E-state index contributed by atoms with van der Waals surface area (Å²) in [6.45, 7) is 5.48. The van der Waals surface area contributed by atoms with E-state index < -0.39 is 5.60 Å². The third kappa shape index (κ3) is 5.80. The van der Waals surface area contributed by atoms with Gasteiger partial charge >= 0.3 is 0 Å². The van der Waals surface area contributed by atoms with E-state index in [4.69, 9.17) is 16.3 Å². The maximum absolute atomic E-state index is 13.0. The molecule has 0 bridgehead atoms. The molecular formula is C24H26ClN3O2. The molecule has 2 aromatic carbocycles. The standard InChI is InChI=1S/C24H26ClN3O2/c1-17(28-23(29)24(2,3)30-22-13-14-26-16-27-22)21(19-7-5-4-6-8-19)15-18-9-11-20(25)12-10-18/h4-14,16-17,21H,15H2,1-3H3,(H,28,29). The van der Waals surface area contributed by atoms with Gasteiger partial charge in [-0.05, 0) is 50.5 Å². The van der Waals surface area contributed by atoms with Gasteiger partial charge in [0.1, 0.15) is 6.33 Å². The average Bonchev–Trinajstić information content (AvgIpc) is 2.74. The summed E-state index contributed by atoms with van der Waals surface area (Å²) in [5.74, 6) is 0.246. The minimum Gasteiger partial charge on any atom is -0.461 e. The van der Waals surface area contributed by atoms with Crippen LogP contribution in [0.4, 0.5) is 0 Å². The molecule has 156 valence electrons. The zero-order valence-corrected chi connectivity index (χ0v) is 18.1. The fourth-order valence-electron chi connectivity index (χ4n) is 3.29. The summed E-state index contributed by atoms with van der Waals surface area (Å²) in [5.41, 5.74) is 1.24. The first kappa shape index (κ1) is 21.8. The van der Waals surface area contributed by atoms with Crippen molar-refractivity contribution in [1.29, 1.82) is 0 Å². The first-order valence-electron chi connectivity index (χ1n) is 9.90. The lowest BCUT2D eigenvalue weighted by atomic mass is 9.86. The van der Waals surface area contributed by atoms with Gasteiger partial charge in [0.25, 0.3) is 5.91 Å². The summed E-state index contributed by atoms with van der Waals surface area (Å²) in [4.78, 5) is 20.9. The lowest BCUT2D eigenvalue weighted by Gasteiger charge is -2.30. The highest BCUT2D eigenvalue weighted by molar-refractivity contribution is 6.30. The van der Waals surface area contributed by atoms with Gasteiger partial charge in [-0.15, -0.1) is 0 Å². The lowest BCUT2D eigenvalue weighted by molar-refractivity contribution is -0.135. The average molecular weight is 424 g/mol. The predicted octanol–water partition coefficient (Wildman–Crippen LogP) is 4.82. The molecule has 0 aliphatic rings. The number of halogens is 1. The van der Waals surface area contributed by atoms with Crippen LogP contribution in [0.2, 0.25) is 5.02 Å². The molecule has 6 heteroatoms. The van der Waals surface area contributed by atoms with Crippen molar-refractivity contribution >= 4 is 17.5 Å². The van der Waals surface area contributed by atoms with Gasteiger partial charge < -0.3 is 10.1 Å². The first-order chi connectivity index (χ1) is 14.3. The van der Waals surface area contributed by atoms with Crippen LogP contribution in [0, 0.1) is 0 Å². The third-order valence-corrected chi connectivity index (χ3v) is 5.27. The SMILES string of the molecule is CC(NC(=O)C(C)(C)Oc1ccncn1)C(Cc1ccc(Cl)cc1)c1ccccc1. The van der Waals surface area contributed by atoms with Crippen LogP contribution < -0.4 is 10.1 Å². The molecule has 2 unspecified atom stereocenters. The molecule has 1 heterocycles. The highest BCUT2D eigenvalue weighted by Gasteiger charge is 2.33. The maximum atomic E-state index is 13.0. The second-order valence-corrected chi connectivity index (χ2v) is 8.21. The number of amides is 1. The Balaban J connectivity index is 1.76. The second-order valence-electron chi connectivity index (χ2n) is 7.77. The van der Waals surface area contributed by atoms with Crippen molar-refractivity contribution in [2.24, 2.45) is 0 Å². The third-order valence-electron chi connectivity index (χ3n) is 5.02. The smallest absolute Gasteiger partial charge is 0.263 e. The normalized spacial score (nSPS) is 13.3. The summed E-state index contributed by atoms with van der Waals surface area (Å²) in [6.07, 6.45) is 3.75. The number of aromatic nitrogens is 2. The van der Waals surface area contributed by atoms with E-state index >= 15 is 0 Å². The Morgan fingerprint density at radius 2 is 1.80 bits per heavy atom. The molecule has 1 N–H and O–H groups in total. The number of hydrogen-bond acceptors (Lipinski definition) is 4. The van der Waals surface area contributed by atoms with Crippen LogP contribution in [-0.4, -0.2) is 27.5 Å². The van der Waals surface area contributed by atoms with Crippen LogP contribution in [0.25, 0.3) is 0 Å². The Morgan fingerprint density at radius 3 is 2.43 bits per heavy atom. The number of ether oxygens (including phenoxy) is 1. The van der Waals surface area contributed by atoms with E-state index in [2.05, 4.69) is 27.4 Å². The van der Waals surface area contributed by atoms with E-state index in [1.54, 1.807) is 26.1 Å². The largest absolute Gasteiger partial charge is 0.461 e. The van der Waals surface area contributed by atoms with E-state index in [0.717, 1.165) is 17.5 Å². The predicted molar refractivity (Wildman–Crippen MR) is 119 cm³/mol. The molecule has 3 aromatic rings. The minimum atomic E-state index is -1.08. The number of benzene rings is 2. The molecule has 0 aliphatic carbocycles. The van der Waals surface area contributed by atoms with Gasteiger partial charge in [0.15, 0.2) is 5.60 Å². The molecule has 0 saturated carbocycles. The zero-order valence-electron chi connectivity index (χ0n) is 17.4. The van der Waals surface area contributed by atoms with Crippen LogP contribution in [0.15, 0.2) is 73.2 Å². The van der Waals surface area contributed by atoms with Crippen LogP contribution >= 0.6 is 11.6 Å². The van der Waals surface area contributed by atoms with Crippen molar-refractivity contribution in [3.05, 3.63) is 89.3 Å². The Morgan fingerprint density at radius 1 is 1.10 bits per heavy atom. The van der Waals surface area contributed by atoms with Crippen LogP contribution in [0.1, 0.15) is 37.8 Å². The van der Waals surface area contributed by atoms with Crippen LogP contribution in [0.5, 0.6) is 5.88 Å². The van der Waals surface area contributed by atoms with Crippen molar-refractivity contribution in [3.8, 4) is 5.88 Å². The molecule has 0 radical (unpaired) electrons. The van der Waals surface area contributed by atoms with Crippen LogP contribution in [0.3, 0.4) is 0 Å². The van der Waals surface area contributed by atoms with E-state index in [1.807, 2.05) is 49.4 Å². The van der Waals surface area contributed by atoms with Crippen molar-refractivity contribution < 1.29 is 9.53 Å². The maximum Gasteiger partial charge on any atom is 0.263 e. The van der Waals surface area contributed by atoms with Gasteiger partial charge in [-0.25, -0.2) is 9.97 Å². The van der Waals surface area contributed by atoms with Crippen molar-refractivity contribution in [1.82, 2.24) is 15.3 Å². The van der Waals surface area contributed by atoms with Gasteiger partial charge in [-0.2, -0.15) is 0 Å². The van der Waals surface area contributed by atoms with Gasteiger partial charge in [0.05, 0.1) is 0 Å². The number of nitrogens with zero attached hydrogens (tertiary/aromatic N) is 2. The molecule has 30 heavy (non-hydrogen) atoms. The summed E-state index contributed by atoms with van der Waals surface area (Å²) < 4.78 is 5.80. The minimum absolute atomic E-state index is 0.0891. The highest BCUT2D eigenvalue weighted by atomic mass is 35.5. The van der Waals surface area contributed by atoms with Crippen molar-refractivity contribution in [2.75, 3.05) is 0 Å². The number of carbonyl (C=O) groups excluding carboxylic acids is 1. The first-order valence-corrected chi connectivity index (χ1v) is 10.3. The molecule has 0 spiro atoms. The van der Waals surface area contributed by atoms with Gasteiger partial charge in [-0.1, -0.05) is 54.1 Å². The Kier molecular flexibility index (Phi) is 7.06. The van der Waals surface area contributed by atoms with E-state index in [-0.39, 0.29) is 17.9 Å². The number of hydrogen-bond donors (Lipinski definition) is 1. The molecular weight excluding hydrogens is 398 g/mol. The van der Waals surface area contributed by atoms with E-state index in [9.17, 15) is 4.79 Å². The summed E-state index contributed by atoms with van der Waals surface area (Å²) >= 11 is 6.03. The molecule has 0 fully saturated rings. The van der Waals surface area contributed by atoms with Gasteiger partial charge in [0, 0.05) is 29.2 Å². The summed E-state index contributed by atoms with van der Waals surface area (Å²) in [6, 6.07) is 19.5. The van der Waals surface area contributed by atoms with Crippen LogP contribution in [-0.2, 0) is 11.2 Å². The molecule has 0 saturated heterocycles. The Hall–Kier alpha value is -2.92. The van der Waals surface area contributed by atoms with Gasteiger partial charge in [-0.3, -0.25) is 4.79 Å². The highest BCUT2D eigenvalue weighted by Crippen LogP contribution is 2.26. The molecule has 1 amide bonds. The fraction of sp³-hybridized carbons (Fsp3) is 0.292. The fourth-order valence-corrected chi connectivity index (χ4v) is 3.41. The van der Waals surface area contributed by atoms with E-state index in [1.165, 1.54) is 6.33 Å². The quantitative estimate of drug-likeness (QED) is 0.564. The Labute approximate surface area is 182 Å². The molecule has 2 atom stereocenters. The molecule has 1 aromatic heterocycles. The number of nitrogens with one attached hydrogen (secondary N) is 1. The summed E-state index contributed by atoms with van der Waals surface area (Å²) in [7, 11) is 0. The number of carbonyl (C=O) groups is 1. The van der Waals surface area contributed by atoms with Crippen molar-refractivity contribution in [2.45, 2.75) is 44.8 Å². The molecule has 0 aliphatic heterocycles. The number of rotatable bonds is 8. The lowest BCUT2D eigenvalue weighted by Crippen LogP contribution is -2.51. The Bertz CT molecular complexity index is 947. The summed E-state index contributed by atoms with van der Waals surface area (Å²) in [5, 5.41) is 3.85. The van der Waals surface area contributed by atoms with E-state index in [0.29, 0.717) is 10.9 Å². The molecule has 3 rings (SSSR count).